The molecule has 6 heterocycles. The fourth-order valence-electron chi connectivity index (χ4n) is 13.5. The van der Waals surface area contributed by atoms with E-state index in [9.17, 15) is 0 Å². The average Bonchev–Trinajstić information content (AvgIpc) is 3.80. The van der Waals surface area contributed by atoms with E-state index in [1.807, 2.05) is 0 Å². The largest absolute Gasteiger partial charge is 0.453 e. The van der Waals surface area contributed by atoms with Gasteiger partial charge in [0.05, 0.1) is 11.4 Å². The molecule has 0 spiro atoms. The molecule has 0 saturated heterocycles. The maximum Gasteiger partial charge on any atom is 0.333 e. The van der Waals surface area contributed by atoms with Crippen LogP contribution in [-0.2, 0) is 10.8 Å². The quantitative estimate of drug-likeness (QED) is 0.162. The van der Waals surface area contributed by atoms with Gasteiger partial charge in [-0.05, 0) is 135 Å². The fourth-order valence-corrected chi connectivity index (χ4v) is 13.5. The van der Waals surface area contributed by atoms with Crippen LogP contribution in [0.3, 0.4) is 0 Å². The molecule has 0 aliphatic carbocycles. The summed E-state index contributed by atoms with van der Waals surface area (Å²) in [5.74, 6) is 3.40. The lowest BCUT2D eigenvalue weighted by atomic mass is 9.39. The van der Waals surface area contributed by atoms with Gasteiger partial charge < -0.3 is 18.4 Å². The van der Waals surface area contributed by atoms with E-state index in [1.54, 1.807) is 0 Å². The molecule has 0 N–H and O–H groups in total. The predicted molar refractivity (Wildman–Crippen MR) is 292 cm³/mol. The van der Waals surface area contributed by atoms with E-state index in [4.69, 9.17) is 9.47 Å². The first kappa shape index (κ1) is 40.9. The monoisotopic (exact) mass is 895 g/mol. The molecule has 8 aromatic carbocycles. The van der Waals surface area contributed by atoms with Crippen LogP contribution in [0.5, 0.6) is 23.0 Å². The summed E-state index contributed by atoms with van der Waals surface area (Å²) in [7, 11) is 0. The molecule has 2 aromatic heterocycles. The minimum Gasteiger partial charge on any atom is -0.453 e. The molecule has 0 atom stereocenters. The number of fused-ring (bicyclic) bond motifs is 12. The topological polar surface area (TPSA) is 31.6 Å². The SMILES string of the molecule is Cc1cc(C)c(B2c3c4c5c(c6c3-c3c7c(cc8c9cc(C(C)(C)C)ccc9n(c38)B6c3c(C)cc(C)cc3C)c3cc(C(C)(C)C)ccc3n72)Oc2ccccc2N5c2ccccc2O4)c(C)c1. The summed E-state index contributed by atoms with van der Waals surface area (Å²) < 4.78 is 20.7. The van der Waals surface area contributed by atoms with Crippen molar-refractivity contribution in [3.05, 3.63) is 160 Å². The van der Waals surface area contributed by atoms with Gasteiger partial charge in [-0.2, -0.15) is 0 Å². The normalized spacial score (nSPS) is 14.2. The van der Waals surface area contributed by atoms with Gasteiger partial charge >= 0.3 is 13.7 Å². The molecule has 0 amide bonds. The van der Waals surface area contributed by atoms with E-state index in [0.29, 0.717) is 0 Å². The Hall–Kier alpha value is -7.11. The highest BCUT2D eigenvalue weighted by Crippen LogP contribution is 2.61. The third kappa shape index (κ3) is 5.23. The molecule has 0 fully saturated rings. The van der Waals surface area contributed by atoms with Gasteiger partial charge in [0.1, 0.15) is 5.69 Å². The van der Waals surface area contributed by atoms with Crippen molar-refractivity contribution in [2.24, 2.45) is 0 Å². The second-order valence-electron chi connectivity index (χ2n) is 22.9. The van der Waals surface area contributed by atoms with Gasteiger partial charge in [0.15, 0.2) is 23.0 Å². The highest BCUT2D eigenvalue weighted by molar-refractivity contribution is 6.93. The Labute approximate surface area is 405 Å². The van der Waals surface area contributed by atoms with E-state index >= 15 is 0 Å². The lowest BCUT2D eigenvalue weighted by Crippen LogP contribution is -2.60. The number of aryl methyl sites for hydroxylation is 6. The summed E-state index contributed by atoms with van der Waals surface area (Å²) >= 11 is 0. The van der Waals surface area contributed by atoms with Crippen LogP contribution in [0, 0.1) is 41.5 Å². The number of para-hydroxylation sites is 4. The van der Waals surface area contributed by atoms with E-state index < -0.39 is 0 Å². The molecule has 0 unspecified atom stereocenters. The van der Waals surface area contributed by atoms with Crippen molar-refractivity contribution in [2.45, 2.75) is 93.9 Å². The minimum atomic E-state index is -0.237. The van der Waals surface area contributed by atoms with Crippen LogP contribution in [0.25, 0.3) is 54.7 Å². The lowest BCUT2D eigenvalue weighted by Gasteiger charge is -2.44. The van der Waals surface area contributed by atoms with Crippen LogP contribution >= 0.6 is 0 Å². The smallest absolute Gasteiger partial charge is 0.333 e. The first-order valence-corrected chi connectivity index (χ1v) is 24.8. The second-order valence-corrected chi connectivity index (χ2v) is 22.9. The standard InChI is InChI=1S/C62H55B2N3O2/c1-32-25-34(3)52(35(4)26-32)63-54-50-51-56-42(40-29-38(61(7,8)9)21-23-44(40)66(56)63)31-43-41-30-39(62(10,11)12)22-24-45(41)67(57(43)51)64(53-36(5)27-33(2)28-37(53)6)55(50)60-58-59(54)68-48-19-15-13-17-46(48)65(58)47-18-14-16-20-49(47)69-60/h13-31H,1-12H3. The van der Waals surface area contributed by atoms with Crippen LogP contribution in [0.15, 0.2) is 115 Å². The molecule has 0 radical (unpaired) electrons. The zero-order chi connectivity index (χ0) is 47.5. The first-order valence-electron chi connectivity index (χ1n) is 24.8. The summed E-state index contributed by atoms with van der Waals surface area (Å²) in [5, 5.41) is 5.14. The van der Waals surface area contributed by atoms with Gasteiger partial charge in [0.25, 0.3) is 0 Å². The van der Waals surface area contributed by atoms with Crippen molar-refractivity contribution in [1.82, 2.24) is 8.96 Å². The maximum absolute atomic E-state index is 7.62. The summed E-state index contributed by atoms with van der Waals surface area (Å²) in [6.07, 6.45) is 0. The van der Waals surface area contributed by atoms with Gasteiger partial charge in [0, 0.05) is 60.1 Å². The van der Waals surface area contributed by atoms with Crippen LogP contribution < -0.4 is 36.2 Å². The molecular formula is C62H55B2N3O2. The summed E-state index contributed by atoms with van der Waals surface area (Å²) in [6, 6.07) is 43.8. The molecule has 7 heteroatoms. The van der Waals surface area contributed by atoms with E-state index in [2.05, 4.69) is 212 Å². The van der Waals surface area contributed by atoms with Crippen molar-refractivity contribution >= 4 is 96.2 Å². The number of rotatable bonds is 2. The zero-order valence-electron chi connectivity index (χ0n) is 41.8. The van der Waals surface area contributed by atoms with Crippen molar-refractivity contribution in [3.8, 4) is 34.1 Å². The number of benzene rings is 8. The number of hydrogen-bond acceptors (Lipinski definition) is 3. The second kappa shape index (κ2) is 13.4. The van der Waals surface area contributed by atoms with Crippen LogP contribution in [0.2, 0.25) is 0 Å². The number of hydrogen-bond donors (Lipinski definition) is 0. The lowest BCUT2D eigenvalue weighted by molar-refractivity contribution is 0.450. The van der Waals surface area contributed by atoms with Gasteiger partial charge in [-0.3, -0.25) is 4.90 Å². The van der Waals surface area contributed by atoms with Gasteiger partial charge in [0.2, 0.25) is 0 Å². The molecular weight excluding hydrogens is 840 g/mol. The van der Waals surface area contributed by atoms with Crippen LogP contribution in [0.1, 0.15) is 86.1 Å². The Balaban J connectivity index is 1.30. The molecule has 69 heavy (non-hydrogen) atoms. The molecule has 336 valence electrons. The Morgan fingerprint density at radius 2 is 0.826 bits per heavy atom. The van der Waals surface area contributed by atoms with Crippen LogP contribution in [0.4, 0.5) is 17.1 Å². The van der Waals surface area contributed by atoms with E-state index in [1.165, 1.54) is 121 Å². The molecule has 4 aliphatic heterocycles. The van der Waals surface area contributed by atoms with Crippen molar-refractivity contribution < 1.29 is 9.47 Å². The number of nitrogens with zero attached hydrogens (tertiary/aromatic N) is 3. The predicted octanol–water partition coefficient (Wildman–Crippen LogP) is 13.6. The summed E-state index contributed by atoms with van der Waals surface area (Å²) in [5.41, 5.74) is 25.7. The molecule has 14 rings (SSSR count). The van der Waals surface area contributed by atoms with Crippen molar-refractivity contribution in [2.75, 3.05) is 4.90 Å². The van der Waals surface area contributed by atoms with Gasteiger partial charge in [-0.1, -0.05) is 136 Å². The minimum absolute atomic E-state index is 0.0459. The third-order valence-electron chi connectivity index (χ3n) is 16.2. The number of anilines is 3. The molecule has 4 aliphatic rings. The highest BCUT2D eigenvalue weighted by Gasteiger charge is 2.52. The van der Waals surface area contributed by atoms with Gasteiger partial charge in [-0.15, -0.1) is 0 Å². The van der Waals surface area contributed by atoms with E-state index in [-0.39, 0.29) is 24.5 Å². The summed E-state index contributed by atoms with van der Waals surface area (Å²) in [6.45, 7) is 27.3. The highest BCUT2D eigenvalue weighted by atomic mass is 16.5. The molecule has 0 bridgehead atoms. The Kier molecular flexibility index (Phi) is 7.92. The molecule has 5 nitrogen and oxygen atoms in total. The zero-order valence-corrected chi connectivity index (χ0v) is 41.8. The Bertz CT molecular complexity index is 3730. The average molecular weight is 896 g/mol. The van der Waals surface area contributed by atoms with Gasteiger partial charge in [-0.25, -0.2) is 0 Å². The van der Waals surface area contributed by atoms with Crippen molar-refractivity contribution in [1.29, 1.82) is 0 Å². The number of ether oxygens (including phenoxy) is 2. The Morgan fingerprint density at radius 1 is 0.420 bits per heavy atom. The molecule has 0 saturated carbocycles. The van der Waals surface area contributed by atoms with Crippen molar-refractivity contribution in [3.63, 3.8) is 0 Å². The van der Waals surface area contributed by atoms with E-state index in [0.717, 1.165) is 40.1 Å². The summed E-state index contributed by atoms with van der Waals surface area (Å²) in [4.78, 5) is 2.45. The maximum atomic E-state index is 7.62. The number of aromatic nitrogens is 2. The Morgan fingerprint density at radius 3 is 1.23 bits per heavy atom. The first-order chi connectivity index (χ1) is 33.0. The third-order valence-corrected chi connectivity index (χ3v) is 16.2. The van der Waals surface area contributed by atoms with Crippen LogP contribution in [-0.4, -0.2) is 22.7 Å². The molecule has 10 aromatic rings. The fraction of sp³-hybridized carbons (Fsp3) is 0.226.